The molecule has 1 amide bonds. The number of carbonyl (C=O) groups is 1. The van der Waals surface area contributed by atoms with Crippen molar-refractivity contribution in [2.24, 2.45) is 5.41 Å². The normalized spacial score (nSPS) is 17.3. The van der Waals surface area contributed by atoms with E-state index in [9.17, 15) is 4.79 Å². The minimum atomic E-state index is 0.224. The Balaban J connectivity index is 1.47. The van der Waals surface area contributed by atoms with Crippen molar-refractivity contribution < 1.29 is 4.79 Å². The topological polar surface area (TPSA) is 62.5 Å². The molecule has 29 heavy (non-hydrogen) atoms. The molecule has 3 heterocycles. The van der Waals surface area contributed by atoms with Gasteiger partial charge in [0.2, 0.25) is 5.91 Å². The highest BCUT2D eigenvalue weighted by Crippen LogP contribution is 2.26. The molecule has 1 unspecified atom stereocenters. The van der Waals surface area contributed by atoms with Gasteiger partial charge < -0.3 is 10.2 Å². The lowest BCUT2D eigenvalue weighted by Gasteiger charge is -2.28. The van der Waals surface area contributed by atoms with E-state index in [1.54, 1.807) is 4.52 Å². The second kappa shape index (κ2) is 7.85. The number of fused-ring (bicyclic) bond motifs is 1. The fraction of sp³-hybridized carbons (Fsp3) is 0.435. The molecule has 1 aliphatic heterocycles. The molecule has 4 rings (SSSR count). The standard InChI is InChI=1S/C23H29N5O/c1-23(2,3)12-14-27-18(9-10-21(27)29)15-24-20-11-13-28-22(26-20)19(16-25-28)17-7-5-4-6-8-17/h4-8,11,13,16,18H,9-10,12,14-15H2,1-3H3,(H,24,26). The van der Waals surface area contributed by atoms with Crippen molar-refractivity contribution in [2.75, 3.05) is 18.4 Å². The van der Waals surface area contributed by atoms with E-state index in [1.807, 2.05) is 41.6 Å². The predicted molar refractivity (Wildman–Crippen MR) is 116 cm³/mol. The van der Waals surface area contributed by atoms with E-state index < -0.39 is 0 Å². The molecule has 0 spiro atoms. The molecular weight excluding hydrogens is 362 g/mol. The molecule has 152 valence electrons. The van der Waals surface area contributed by atoms with Gasteiger partial charge in [-0.3, -0.25) is 4.79 Å². The van der Waals surface area contributed by atoms with E-state index in [2.05, 4.69) is 43.3 Å². The Morgan fingerprint density at radius 3 is 2.72 bits per heavy atom. The number of benzene rings is 1. The molecule has 0 saturated carbocycles. The number of amides is 1. The van der Waals surface area contributed by atoms with Gasteiger partial charge in [0.1, 0.15) is 5.82 Å². The number of nitrogens with zero attached hydrogens (tertiary/aromatic N) is 4. The highest BCUT2D eigenvalue weighted by molar-refractivity contribution is 5.79. The van der Waals surface area contributed by atoms with E-state index in [4.69, 9.17) is 4.98 Å². The summed E-state index contributed by atoms with van der Waals surface area (Å²) in [7, 11) is 0. The molecule has 6 heteroatoms. The second-order valence-corrected chi connectivity index (χ2v) is 8.98. The molecule has 0 aliphatic carbocycles. The first-order valence-electron chi connectivity index (χ1n) is 10.3. The van der Waals surface area contributed by atoms with Gasteiger partial charge in [0.25, 0.3) is 0 Å². The molecule has 0 bridgehead atoms. The third-order valence-corrected chi connectivity index (χ3v) is 5.53. The van der Waals surface area contributed by atoms with Crippen LogP contribution in [0.5, 0.6) is 0 Å². The average molecular weight is 392 g/mol. The summed E-state index contributed by atoms with van der Waals surface area (Å²) in [5.41, 5.74) is 3.16. The smallest absolute Gasteiger partial charge is 0.222 e. The van der Waals surface area contributed by atoms with Crippen molar-refractivity contribution in [3.63, 3.8) is 0 Å². The fourth-order valence-corrected chi connectivity index (χ4v) is 3.78. The molecular formula is C23H29N5O. The first kappa shape index (κ1) is 19.4. The van der Waals surface area contributed by atoms with Crippen LogP contribution in [0.4, 0.5) is 5.82 Å². The number of anilines is 1. The van der Waals surface area contributed by atoms with Crippen LogP contribution >= 0.6 is 0 Å². The Labute approximate surface area is 171 Å². The van der Waals surface area contributed by atoms with Crippen molar-refractivity contribution in [3.05, 3.63) is 48.8 Å². The van der Waals surface area contributed by atoms with E-state index in [0.717, 1.165) is 42.0 Å². The van der Waals surface area contributed by atoms with Crippen LogP contribution in [-0.4, -0.2) is 44.5 Å². The molecule has 1 aromatic carbocycles. The van der Waals surface area contributed by atoms with Crippen LogP contribution in [0.15, 0.2) is 48.8 Å². The van der Waals surface area contributed by atoms with Crippen LogP contribution in [0.2, 0.25) is 0 Å². The second-order valence-electron chi connectivity index (χ2n) is 8.98. The summed E-state index contributed by atoms with van der Waals surface area (Å²) in [6.45, 7) is 8.19. The molecule has 3 aromatic rings. The van der Waals surface area contributed by atoms with Crippen molar-refractivity contribution in [2.45, 2.75) is 46.1 Å². The monoisotopic (exact) mass is 391 g/mol. The Hall–Kier alpha value is -2.89. The summed E-state index contributed by atoms with van der Waals surface area (Å²) < 4.78 is 1.79. The lowest BCUT2D eigenvalue weighted by atomic mass is 9.92. The Bertz CT molecular complexity index is 989. The van der Waals surface area contributed by atoms with Gasteiger partial charge in [-0.2, -0.15) is 5.10 Å². The number of hydrogen-bond donors (Lipinski definition) is 1. The van der Waals surface area contributed by atoms with Gasteiger partial charge in [-0.25, -0.2) is 9.50 Å². The zero-order chi connectivity index (χ0) is 20.4. The van der Waals surface area contributed by atoms with Crippen LogP contribution in [0.3, 0.4) is 0 Å². The summed E-state index contributed by atoms with van der Waals surface area (Å²) in [5, 5.41) is 7.87. The third-order valence-electron chi connectivity index (χ3n) is 5.53. The Morgan fingerprint density at radius 1 is 1.17 bits per heavy atom. The highest BCUT2D eigenvalue weighted by Gasteiger charge is 2.31. The van der Waals surface area contributed by atoms with Crippen molar-refractivity contribution in [1.82, 2.24) is 19.5 Å². The van der Waals surface area contributed by atoms with Gasteiger partial charge in [-0.05, 0) is 29.9 Å². The van der Waals surface area contributed by atoms with Crippen molar-refractivity contribution >= 4 is 17.4 Å². The van der Waals surface area contributed by atoms with Crippen LogP contribution in [-0.2, 0) is 4.79 Å². The number of aromatic nitrogens is 3. The van der Waals surface area contributed by atoms with Crippen LogP contribution < -0.4 is 5.32 Å². The number of likely N-dealkylation sites (tertiary alicyclic amines) is 1. The van der Waals surface area contributed by atoms with Gasteiger partial charge in [0, 0.05) is 37.3 Å². The Morgan fingerprint density at radius 2 is 1.97 bits per heavy atom. The van der Waals surface area contributed by atoms with Crippen LogP contribution in [0.1, 0.15) is 40.0 Å². The highest BCUT2D eigenvalue weighted by atomic mass is 16.2. The van der Waals surface area contributed by atoms with Gasteiger partial charge in [0.15, 0.2) is 5.65 Å². The number of nitrogens with one attached hydrogen (secondary N) is 1. The van der Waals surface area contributed by atoms with Gasteiger partial charge in [0.05, 0.1) is 6.20 Å². The summed E-state index contributed by atoms with van der Waals surface area (Å²) >= 11 is 0. The van der Waals surface area contributed by atoms with E-state index in [1.165, 1.54) is 0 Å². The lowest BCUT2D eigenvalue weighted by Crippen LogP contribution is -2.39. The maximum absolute atomic E-state index is 12.3. The summed E-state index contributed by atoms with van der Waals surface area (Å²) in [6.07, 6.45) is 6.33. The lowest BCUT2D eigenvalue weighted by molar-refractivity contribution is -0.129. The van der Waals surface area contributed by atoms with Gasteiger partial charge in [-0.1, -0.05) is 51.1 Å². The first-order valence-corrected chi connectivity index (χ1v) is 10.3. The predicted octanol–water partition coefficient (Wildman–Crippen LogP) is 4.24. The number of carbonyl (C=O) groups excluding carboxylic acids is 1. The minimum Gasteiger partial charge on any atom is -0.368 e. The SMILES string of the molecule is CC(C)(C)CCN1C(=O)CCC1CNc1ccn2ncc(-c3ccccc3)c2n1. The molecule has 1 atom stereocenters. The largest absolute Gasteiger partial charge is 0.368 e. The molecule has 6 nitrogen and oxygen atoms in total. The minimum absolute atomic E-state index is 0.224. The van der Waals surface area contributed by atoms with E-state index in [-0.39, 0.29) is 17.4 Å². The third kappa shape index (κ3) is 4.42. The number of rotatable bonds is 6. The quantitative estimate of drug-likeness (QED) is 0.683. The molecule has 2 aromatic heterocycles. The molecule has 0 radical (unpaired) electrons. The van der Waals surface area contributed by atoms with Crippen LogP contribution in [0.25, 0.3) is 16.8 Å². The summed E-state index contributed by atoms with van der Waals surface area (Å²) in [6, 6.07) is 12.3. The summed E-state index contributed by atoms with van der Waals surface area (Å²) in [5.74, 6) is 1.08. The zero-order valence-corrected chi connectivity index (χ0v) is 17.4. The van der Waals surface area contributed by atoms with Crippen LogP contribution in [0, 0.1) is 5.41 Å². The van der Waals surface area contributed by atoms with Gasteiger partial charge >= 0.3 is 0 Å². The summed E-state index contributed by atoms with van der Waals surface area (Å²) in [4.78, 5) is 19.2. The first-order chi connectivity index (χ1) is 13.9. The van der Waals surface area contributed by atoms with E-state index in [0.29, 0.717) is 13.0 Å². The van der Waals surface area contributed by atoms with Gasteiger partial charge in [-0.15, -0.1) is 0 Å². The molecule has 1 aliphatic rings. The zero-order valence-electron chi connectivity index (χ0n) is 17.4. The maximum atomic E-state index is 12.3. The molecule has 1 saturated heterocycles. The van der Waals surface area contributed by atoms with E-state index >= 15 is 0 Å². The number of hydrogen-bond acceptors (Lipinski definition) is 4. The average Bonchev–Trinajstić information content (AvgIpc) is 3.27. The van der Waals surface area contributed by atoms with Crippen molar-refractivity contribution in [3.8, 4) is 11.1 Å². The Kier molecular flexibility index (Phi) is 5.26. The van der Waals surface area contributed by atoms with Crippen molar-refractivity contribution in [1.29, 1.82) is 0 Å². The molecule has 1 fully saturated rings. The molecule has 1 N–H and O–H groups in total. The fourth-order valence-electron chi connectivity index (χ4n) is 3.78. The maximum Gasteiger partial charge on any atom is 0.222 e.